The summed E-state index contributed by atoms with van der Waals surface area (Å²) >= 11 is 6.07. The van der Waals surface area contributed by atoms with Crippen molar-refractivity contribution in [2.45, 2.75) is 38.6 Å². The van der Waals surface area contributed by atoms with Crippen molar-refractivity contribution in [1.82, 2.24) is 0 Å². The summed E-state index contributed by atoms with van der Waals surface area (Å²) in [6, 6.07) is 14.6. The van der Waals surface area contributed by atoms with E-state index in [2.05, 4.69) is 10.0 Å². The van der Waals surface area contributed by atoms with Crippen molar-refractivity contribution in [3.63, 3.8) is 0 Å². The third kappa shape index (κ3) is 6.18. The van der Waals surface area contributed by atoms with Gasteiger partial charge in [-0.1, -0.05) is 23.7 Å². The first-order chi connectivity index (χ1) is 16.7. The Morgan fingerprint density at radius 2 is 1.56 bits per heavy atom. The fourth-order valence-electron chi connectivity index (χ4n) is 3.56. The minimum atomic E-state index is -3.90. The lowest BCUT2D eigenvalue weighted by Crippen LogP contribution is -2.45. The minimum Gasteiger partial charge on any atom is -0.324 e. The van der Waals surface area contributed by atoms with Gasteiger partial charge in [0.15, 0.2) is 0 Å². The van der Waals surface area contributed by atoms with Gasteiger partial charge in [0.1, 0.15) is 6.04 Å². The van der Waals surface area contributed by atoms with Crippen LogP contribution >= 0.6 is 11.6 Å². The molecule has 8 nitrogen and oxygen atoms in total. The Morgan fingerprint density at radius 1 is 0.917 bits per heavy atom. The Bertz CT molecular complexity index is 1510. The molecule has 0 saturated heterocycles. The second-order valence-corrected chi connectivity index (χ2v) is 12.5. The van der Waals surface area contributed by atoms with Crippen molar-refractivity contribution in [1.29, 1.82) is 0 Å². The third-order valence-electron chi connectivity index (χ3n) is 5.78. The van der Waals surface area contributed by atoms with Gasteiger partial charge < -0.3 is 5.32 Å². The van der Waals surface area contributed by atoms with Crippen LogP contribution in [0.15, 0.2) is 65.6 Å². The van der Waals surface area contributed by atoms with E-state index in [1.54, 1.807) is 43.3 Å². The predicted molar refractivity (Wildman–Crippen MR) is 145 cm³/mol. The standard InChI is InChI=1S/C25H28ClN3O5S2/c1-16-9-12-21(15-17(16)2)29(35(5,31)32)19(4)25(30)27-20-10-13-22(14-11-20)36(33,34)28-24-8-6-7-23(26)18(24)3/h6-15,19,28H,1-5H3,(H,27,30)/t19-/m0/s1. The second kappa shape index (κ2) is 10.5. The van der Waals surface area contributed by atoms with Crippen LogP contribution in [0.5, 0.6) is 0 Å². The number of nitrogens with one attached hydrogen (secondary N) is 2. The highest BCUT2D eigenvalue weighted by atomic mass is 35.5. The summed E-state index contributed by atoms with van der Waals surface area (Å²) in [5, 5.41) is 3.09. The molecule has 1 amide bonds. The maximum absolute atomic E-state index is 13.0. The number of sulfonamides is 2. The minimum absolute atomic E-state index is 0.0131. The van der Waals surface area contributed by atoms with E-state index in [4.69, 9.17) is 11.6 Å². The fraction of sp³-hybridized carbons (Fsp3) is 0.240. The van der Waals surface area contributed by atoms with Crippen molar-refractivity contribution >= 4 is 54.6 Å². The van der Waals surface area contributed by atoms with Crippen LogP contribution in [0.25, 0.3) is 0 Å². The lowest BCUT2D eigenvalue weighted by molar-refractivity contribution is -0.116. The number of nitrogens with zero attached hydrogens (tertiary/aromatic N) is 1. The number of carbonyl (C=O) groups excluding carboxylic acids is 1. The van der Waals surface area contributed by atoms with Crippen LogP contribution in [0.3, 0.4) is 0 Å². The van der Waals surface area contributed by atoms with Gasteiger partial charge in [-0.2, -0.15) is 0 Å². The Morgan fingerprint density at radius 3 is 2.14 bits per heavy atom. The zero-order chi connectivity index (χ0) is 26.8. The van der Waals surface area contributed by atoms with Crippen LogP contribution in [-0.4, -0.2) is 35.0 Å². The zero-order valence-corrected chi connectivity index (χ0v) is 22.9. The van der Waals surface area contributed by atoms with E-state index in [9.17, 15) is 21.6 Å². The molecular weight excluding hydrogens is 522 g/mol. The molecule has 0 saturated carbocycles. The molecule has 0 heterocycles. The number of carbonyl (C=O) groups is 1. The topological polar surface area (TPSA) is 113 Å². The summed E-state index contributed by atoms with van der Waals surface area (Å²) in [7, 11) is -7.67. The van der Waals surface area contributed by atoms with Crippen molar-refractivity contribution < 1.29 is 21.6 Å². The molecular formula is C25H28ClN3O5S2. The van der Waals surface area contributed by atoms with Crippen LogP contribution in [-0.2, 0) is 24.8 Å². The van der Waals surface area contributed by atoms with Crippen LogP contribution in [0.4, 0.5) is 17.1 Å². The van der Waals surface area contributed by atoms with Crippen LogP contribution in [0, 0.1) is 20.8 Å². The number of anilines is 3. The average Bonchev–Trinajstić information content (AvgIpc) is 2.78. The maximum atomic E-state index is 13.0. The normalized spacial score (nSPS) is 12.6. The Hall–Kier alpha value is -3.08. The van der Waals surface area contributed by atoms with Gasteiger partial charge in [0.2, 0.25) is 15.9 Å². The van der Waals surface area contributed by atoms with E-state index < -0.39 is 32.0 Å². The van der Waals surface area contributed by atoms with E-state index in [1.165, 1.54) is 31.2 Å². The number of aryl methyl sites for hydroxylation is 2. The van der Waals surface area contributed by atoms with Crippen molar-refractivity contribution in [3.05, 3.63) is 82.4 Å². The largest absolute Gasteiger partial charge is 0.324 e. The summed E-state index contributed by atoms with van der Waals surface area (Å²) in [4.78, 5) is 12.9. The third-order valence-corrected chi connectivity index (χ3v) is 8.81. The number of halogens is 1. The first kappa shape index (κ1) is 27.5. The molecule has 3 aromatic carbocycles. The summed E-state index contributed by atoms with van der Waals surface area (Å²) < 4.78 is 54.2. The first-order valence-corrected chi connectivity index (χ1v) is 14.7. The molecule has 0 aliphatic carbocycles. The number of hydrogen-bond donors (Lipinski definition) is 2. The van der Waals surface area contributed by atoms with Crippen molar-refractivity contribution in [2.24, 2.45) is 0 Å². The molecule has 0 fully saturated rings. The average molecular weight is 550 g/mol. The molecule has 0 spiro atoms. The summed E-state index contributed by atoms with van der Waals surface area (Å²) in [6.07, 6.45) is 1.04. The molecule has 3 rings (SSSR count). The summed E-state index contributed by atoms with van der Waals surface area (Å²) in [6.45, 7) is 6.97. The van der Waals surface area contributed by atoms with E-state index in [1.807, 2.05) is 13.8 Å². The number of rotatable bonds is 8. The molecule has 0 aliphatic heterocycles. The molecule has 0 aromatic heterocycles. The Balaban J connectivity index is 1.79. The second-order valence-electron chi connectivity index (χ2n) is 8.53. The molecule has 3 aromatic rings. The molecule has 0 radical (unpaired) electrons. The Kier molecular flexibility index (Phi) is 8.02. The Labute approximate surface area is 217 Å². The number of amides is 1. The van der Waals surface area contributed by atoms with Gasteiger partial charge in [-0.3, -0.25) is 13.8 Å². The highest BCUT2D eigenvalue weighted by Gasteiger charge is 2.29. The number of benzene rings is 3. The smallest absolute Gasteiger partial charge is 0.261 e. The summed E-state index contributed by atoms with van der Waals surface area (Å²) in [5.74, 6) is -0.568. The van der Waals surface area contributed by atoms with Crippen molar-refractivity contribution in [3.8, 4) is 0 Å². The highest BCUT2D eigenvalue weighted by Crippen LogP contribution is 2.27. The monoisotopic (exact) mass is 549 g/mol. The van der Waals surface area contributed by atoms with Gasteiger partial charge >= 0.3 is 0 Å². The first-order valence-electron chi connectivity index (χ1n) is 11.0. The SMILES string of the molecule is Cc1ccc(N([C@@H](C)C(=O)Nc2ccc(S(=O)(=O)Nc3cccc(Cl)c3C)cc2)S(C)(=O)=O)cc1C. The quantitative estimate of drug-likeness (QED) is 0.416. The zero-order valence-electron chi connectivity index (χ0n) is 20.5. The van der Waals surface area contributed by atoms with Crippen molar-refractivity contribution in [2.75, 3.05) is 20.6 Å². The molecule has 192 valence electrons. The molecule has 1 atom stereocenters. The van der Waals surface area contributed by atoms with Gasteiger partial charge in [-0.05, 0) is 92.9 Å². The lowest BCUT2D eigenvalue weighted by Gasteiger charge is -2.28. The van der Waals surface area contributed by atoms with Gasteiger partial charge in [-0.15, -0.1) is 0 Å². The van der Waals surface area contributed by atoms with Crippen LogP contribution < -0.4 is 14.3 Å². The molecule has 11 heteroatoms. The predicted octanol–water partition coefficient (Wildman–Crippen LogP) is 4.86. The van der Waals surface area contributed by atoms with Crippen LogP contribution in [0.1, 0.15) is 23.6 Å². The van der Waals surface area contributed by atoms with Gasteiger partial charge in [0, 0.05) is 10.7 Å². The van der Waals surface area contributed by atoms with E-state index in [0.717, 1.165) is 21.7 Å². The van der Waals surface area contributed by atoms with E-state index >= 15 is 0 Å². The van der Waals surface area contributed by atoms with E-state index in [0.29, 0.717) is 27.6 Å². The lowest BCUT2D eigenvalue weighted by atomic mass is 10.1. The maximum Gasteiger partial charge on any atom is 0.261 e. The van der Waals surface area contributed by atoms with Gasteiger partial charge in [-0.25, -0.2) is 16.8 Å². The molecule has 36 heavy (non-hydrogen) atoms. The highest BCUT2D eigenvalue weighted by molar-refractivity contribution is 7.92. The van der Waals surface area contributed by atoms with Gasteiger partial charge in [0.25, 0.3) is 10.0 Å². The summed E-state index contributed by atoms with van der Waals surface area (Å²) in [5.41, 5.74) is 3.55. The van der Waals surface area contributed by atoms with E-state index in [-0.39, 0.29) is 4.90 Å². The fourth-order valence-corrected chi connectivity index (χ4v) is 6.02. The molecule has 2 N–H and O–H groups in total. The molecule has 0 aliphatic rings. The van der Waals surface area contributed by atoms with Gasteiger partial charge in [0.05, 0.1) is 22.5 Å². The number of hydrogen-bond acceptors (Lipinski definition) is 5. The molecule has 0 bridgehead atoms. The van der Waals surface area contributed by atoms with Crippen LogP contribution in [0.2, 0.25) is 5.02 Å². The molecule has 0 unspecified atom stereocenters.